The van der Waals surface area contributed by atoms with Gasteiger partial charge in [-0.3, -0.25) is 0 Å². The van der Waals surface area contributed by atoms with Gasteiger partial charge in [0, 0.05) is 9.75 Å². The highest BCUT2D eigenvalue weighted by Crippen LogP contribution is 2.32. The first kappa shape index (κ1) is 15.1. The molecule has 2 aromatic rings. The lowest BCUT2D eigenvalue weighted by Gasteiger charge is -2.20. The smallest absolute Gasteiger partial charge is 0.124 e. The van der Waals surface area contributed by atoms with Crippen molar-refractivity contribution in [2.45, 2.75) is 33.7 Å². The Kier molecular flexibility index (Phi) is 4.84. The number of ether oxygens (including phenoxy) is 1. The third kappa shape index (κ3) is 3.05. The first-order chi connectivity index (χ1) is 9.56. The van der Waals surface area contributed by atoms with Crippen molar-refractivity contribution in [3.8, 4) is 5.75 Å². The summed E-state index contributed by atoms with van der Waals surface area (Å²) >= 11 is 1.86. The van der Waals surface area contributed by atoms with Crippen LogP contribution in [0.25, 0.3) is 0 Å². The van der Waals surface area contributed by atoms with Crippen molar-refractivity contribution >= 4 is 11.3 Å². The first-order valence-corrected chi connectivity index (χ1v) is 7.83. The van der Waals surface area contributed by atoms with Crippen LogP contribution in [0.15, 0.2) is 24.3 Å². The predicted molar refractivity (Wildman–Crippen MR) is 87.0 cm³/mol. The zero-order valence-corrected chi connectivity index (χ0v) is 13.7. The monoisotopic (exact) mass is 289 g/mol. The minimum Gasteiger partial charge on any atom is -0.496 e. The highest BCUT2D eigenvalue weighted by molar-refractivity contribution is 7.12. The molecule has 1 aromatic heterocycles. The Morgan fingerprint density at radius 2 is 1.80 bits per heavy atom. The van der Waals surface area contributed by atoms with E-state index in [1.165, 1.54) is 26.4 Å². The second-order valence-corrected chi connectivity index (χ2v) is 6.45. The third-order valence-electron chi connectivity index (χ3n) is 3.47. The first-order valence-electron chi connectivity index (χ1n) is 7.01. The molecule has 20 heavy (non-hydrogen) atoms. The Labute approximate surface area is 125 Å². The van der Waals surface area contributed by atoms with E-state index in [2.05, 4.69) is 57.3 Å². The van der Waals surface area contributed by atoms with Crippen LogP contribution >= 0.6 is 11.3 Å². The van der Waals surface area contributed by atoms with Gasteiger partial charge in [-0.05, 0) is 56.1 Å². The van der Waals surface area contributed by atoms with Gasteiger partial charge in [0.2, 0.25) is 0 Å². The van der Waals surface area contributed by atoms with Gasteiger partial charge in [0.1, 0.15) is 5.75 Å². The van der Waals surface area contributed by atoms with Crippen molar-refractivity contribution in [2.24, 2.45) is 0 Å². The van der Waals surface area contributed by atoms with Crippen molar-refractivity contribution in [1.29, 1.82) is 0 Å². The van der Waals surface area contributed by atoms with Gasteiger partial charge in [0.05, 0.1) is 13.2 Å². The van der Waals surface area contributed by atoms with E-state index in [-0.39, 0.29) is 6.04 Å². The Balaban J connectivity index is 2.44. The number of benzene rings is 1. The molecule has 0 fully saturated rings. The van der Waals surface area contributed by atoms with Crippen LogP contribution in [0.2, 0.25) is 0 Å². The molecule has 0 saturated carbocycles. The van der Waals surface area contributed by atoms with Gasteiger partial charge in [0.15, 0.2) is 0 Å². The van der Waals surface area contributed by atoms with Gasteiger partial charge in [-0.25, -0.2) is 0 Å². The third-order valence-corrected chi connectivity index (χ3v) is 4.54. The lowest BCUT2D eigenvalue weighted by Crippen LogP contribution is -2.21. The van der Waals surface area contributed by atoms with Crippen LogP contribution in [-0.4, -0.2) is 13.7 Å². The fourth-order valence-electron chi connectivity index (χ4n) is 2.67. The maximum Gasteiger partial charge on any atom is 0.124 e. The molecule has 0 aliphatic heterocycles. The average molecular weight is 289 g/mol. The SMILES string of the molecule is CCNC(c1cc(C)c(OC)c(C)c1)c1ccc(C)s1. The van der Waals surface area contributed by atoms with E-state index in [0.717, 1.165) is 12.3 Å². The van der Waals surface area contributed by atoms with Gasteiger partial charge < -0.3 is 10.1 Å². The molecular formula is C17H23NOS. The fraction of sp³-hybridized carbons (Fsp3) is 0.412. The molecular weight excluding hydrogens is 266 g/mol. The summed E-state index contributed by atoms with van der Waals surface area (Å²) in [5.41, 5.74) is 3.70. The maximum absolute atomic E-state index is 5.46. The van der Waals surface area contributed by atoms with Crippen LogP contribution < -0.4 is 10.1 Å². The van der Waals surface area contributed by atoms with Crippen LogP contribution in [-0.2, 0) is 0 Å². The summed E-state index contributed by atoms with van der Waals surface area (Å²) in [6.07, 6.45) is 0. The van der Waals surface area contributed by atoms with Gasteiger partial charge >= 0.3 is 0 Å². The Morgan fingerprint density at radius 3 is 2.25 bits per heavy atom. The Hall–Kier alpha value is -1.32. The standard InChI is InChI=1S/C17H23NOS/c1-6-18-16(15-8-7-13(4)20-15)14-9-11(2)17(19-5)12(3)10-14/h7-10,16,18H,6H2,1-5H3. The highest BCUT2D eigenvalue weighted by Gasteiger charge is 2.17. The largest absolute Gasteiger partial charge is 0.496 e. The van der Waals surface area contributed by atoms with Crippen LogP contribution in [0.4, 0.5) is 0 Å². The van der Waals surface area contributed by atoms with E-state index in [9.17, 15) is 0 Å². The van der Waals surface area contributed by atoms with Crippen LogP contribution in [0.1, 0.15) is 39.4 Å². The van der Waals surface area contributed by atoms with E-state index in [1.54, 1.807) is 7.11 Å². The molecule has 0 aliphatic carbocycles. The molecule has 1 unspecified atom stereocenters. The highest BCUT2D eigenvalue weighted by atomic mass is 32.1. The topological polar surface area (TPSA) is 21.3 Å². The zero-order valence-electron chi connectivity index (χ0n) is 12.9. The van der Waals surface area contributed by atoms with Gasteiger partial charge in [0.25, 0.3) is 0 Å². The van der Waals surface area contributed by atoms with Crippen molar-refractivity contribution in [1.82, 2.24) is 5.32 Å². The summed E-state index contributed by atoms with van der Waals surface area (Å²) in [7, 11) is 1.74. The normalized spacial score (nSPS) is 12.4. The number of methoxy groups -OCH3 is 1. The number of aryl methyl sites for hydroxylation is 3. The van der Waals surface area contributed by atoms with Crippen molar-refractivity contribution in [3.05, 3.63) is 50.7 Å². The fourth-order valence-corrected chi connectivity index (χ4v) is 3.65. The molecule has 1 aromatic carbocycles. The minimum atomic E-state index is 0.266. The maximum atomic E-state index is 5.46. The van der Waals surface area contributed by atoms with Crippen LogP contribution in [0, 0.1) is 20.8 Å². The second kappa shape index (κ2) is 6.42. The Bertz CT molecular complexity index is 565. The molecule has 1 atom stereocenters. The number of rotatable bonds is 5. The molecule has 2 nitrogen and oxygen atoms in total. The summed E-state index contributed by atoms with van der Waals surface area (Å²) < 4.78 is 5.46. The Morgan fingerprint density at radius 1 is 1.15 bits per heavy atom. The molecule has 1 heterocycles. The lowest BCUT2D eigenvalue weighted by molar-refractivity contribution is 0.408. The van der Waals surface area contributed by atoms with Gasteiger partial charge in [-0.1, -0.05) is 19.1 Å². The van der Waals surface area contributed by atoms with Crippen molar-refractivity contribution < 1.29 is 4.74 Å². The molecule has 0 saturated heterocycles. The van der Waals surface area contributed by atoms with Gasteiger partial charge in [-0.15, -0.1) is 11.3 Å². The summed E-state index contributed by atoms with van der Waals surface area (Å²) in [4.78, 5) is 2.72. The number of hydrogen-bond acceptors (Lipinski definition) is 3. The predicted octanol–water partition coefficient (Wildman–Crippen LogP) is 4.38. The van der Waals surface area contributed by atoms with E-state index in [1.807, 2.05) is 11.3 Å². The number of nitrogens with one attached hydrogen (secondary N) is 1. The van der Waals surface area contributed by atoms with E-state index in [4.69, 9.17) is 4.74 Å². The lowest BCUT2D eigenvalue weighted by atomic mass is 9.99. The second-order valence-electron chi connectivity index (χ2n) is 5.13. The minimum absolute atomic E-state index is 0.266. The molecule has 0 amide bonds. The zero-order chi connectivity index (χ0) is 14.7. The average Bonchev–Trinajstić information content (AvgIpc) is 2.82. The van der Waals surface area contributed by atoms with E-state index in [0.29, 0.717) is 0 Å². The van der Waals surface area contributed by atoms with E-state index >= 15 is 0 Å². The molecule has 1 N–H and O–H groups in total. The quantitative estimate of drug-likeness (QED) is 0.882. The summed E-state index contributed by atoms with van der Waals surface area (Å²) in [6, 6.07) is 9.14. The molecule has 0 aliphatic rings. The molecule has 2 rings (SSSR count). The van der Waals surface area contributed by atoms with Crippen LogP contribution in [0.3, 0.4) is 0 Å². The van der Waals surface area contributed by atoms with E-state index < -0.39 is 0 Å². The summed E-state index contributed by atoms with van der Waals surface area (Å²) in [5.74, 6) is 0.992. The molecule has 108 valence electrons. The summed E-state index contributed by atoms with van der Waals surface area (Å²) in [5, 5.41) is 3.59. The number of thiophene rings is 1. The molecule has 3 heteroatoms. The molecule has 0 radical (unpaired) electrons. The molecule has 0 spiro atoms. The van der Waals surface area contributed by atoms with Crippen molar-refractivity contribution in [3.63, 3.8) is 0 Å². The van der Waals surface area contributed by atoms with Crippen molar-refractivity contribution in [2.75, 3.05) is 13.7 Å². The summed E-state index contributed by atoms with van der Waals surface area (Å²) in [6.45, 7) is 9.47. The van der Waals surface area contributed by atoms with Gasteiger partial charge in [-0.2, -0.15) is 0 Å². The molecule has 0 bridgehead atoms. The van der Waals surface area contributed by atoms with Crippen LogP contribution in [0.5, 0.6) is 5.75 Å². The number of hydrogen-bond donors (Lipinski definition) is 1.